The predicted molar refractivity (Wildman–Crippen MR) is 142 cm³/mol. The summed E-state index contributed by atoms with van der Waals surface area (Å²) in [5, 5.41) is 12.4. The maximum atomic E-state index is 13.6. The topological polar surface area (TPSA) is 108 Å². The number of amides is 3. The third-order valence-corrected chi connectivity index (χ3v) is 6.78. The van der Waals surface area contributed by atoms with Gasteiger partial charge in [-0.15, -0.1) is 0 Å². The lowest BCUT2D eigenvalue weighted by molar-refractivity contribution is -0.137. The molecule has 0 saturated carbocycles. The fraction of sp³-hybridized carbons (Fsp3) is 0.357. The van der Waals surface area contributed by atoms with Gasteiger partial charge in [0.05, 0.1) is 24.8 Å². The molecule has 0 unspecified atom stereocenters. The number of hydrogen-bond donors (Lipinski definition) is 2. The smallest absolute Gasteiger partial charge is 0.416 e. The van der Waals surface area contributed by atoms with Crippen molar-refractivity contribution in [3.63, 3.8) is 0 Å². The molecule has 3 heterocycles. The fourth-order valence-electron chi connectivity index (χ4n) is 4.33. The highest BCUT2D eigenvalue weighted by atomic mass is 19.4. The first kappa shape index (κ1) is 28.8. The van der Waals surface area contributed by atoms with E-state index in [2.05, 4.69) is 15.3 Å². The summed E-state index contributed by atoms with van der Waals surface area (Å²) in [6.07, 6.45) is -0.203. The minimum Gasteiger partial charge on any atom is -0.472 e. The van der Waals surface area contributed by atoms with Gasteiger partial charge in [0.1, 0.15) is 11.7 Å². The van der Waals surface area contributed by atoms with Crippen LogP contribution < -0.4 is 10.1 Å². The van der Waals surface area contributed by atoms with Crippen LogP contribution in [0.2, 0.25) is 0 Å². The van der Waals surface area contributed by atoms with Crippen LogP contribution in [0.15, 0.2) is 61.1 Å². The number of carbonyl (C=O) groups is 2. The molecule has 9 nitrogen and oxygen atoms in total. The second kappa shape index (κ2) is 11.9. The molecule has 212 valence electrons. The van der Waals surface area contributed by atoms with Crippen LogP contribution in [0.5, 0.6) is 5.88 Å². The summed E-state index contributed by atoms with van der Waals surface area (Å²) in [4.78, 5) is 37.9. The summed E-state index contributed by atoms with van der Waals surface area (Å²) in [7, 11) is 1.54. The molecule has 1 aliphatic heterocycles. The summed E-state index contributed by atoms with van der Waals surface area (Å²) in [5.74, 6) is -0.512. The molecule has 0 fully saturated rings. The minimum absolute atomic E-state index is 0.0919. The second-order valence-corrected chi connectivity index (χ2v) is 9.83. The van der Waals surface area contributed by atoms with E-state index < -0.39 is 29.9 Å². The lowest BCUT2D eigenvalue weighted by atomic mass is 9.99. The Balaban J connectivity index is 1.57. The first-order valence-electron chi connectivity index (χ1n) is 12.7. The van der Waals surface area contributed by atoms with E-state index in [9.17, 15) is 27.9 Å². The summed E-state index contributed by atoms with van der Waals surface area (Å²) in [6, 6.07) is 8.41. The number of anilines is 1. The number of aliphatic hydroxyl groups is 1. The Morgan fingerprint density at radius 1 is 1.23 bits per heavy atom. The molecule has 0 radical (unpaired) electrons. The number of pyridine rings is 2. The summed E-state index contributed by atoms with van der Waals surface area (Å²) >= 11 is 0. The van der Waals surface area contributed by atoms with Crippen LogP contribution in [0, 0.1) is 5.92 Å². The number of ether oxygens (including phenoxy) is 1. The van der Waals surface area contributed by atoms with Crippen LogP contribution in [-0.2, 0) is 6.18 Å². The summed E-state index contributed by atoms with van der Waals surface area (Å²) < 4.78 is 44.8. The maximum Gasteiger partial charge on any atom is 0.416 e. The highest BCUT2D eigenvalue weighted by Crippen LogP contribution is 2.31. The minimum atomic E-state index is -4.48. The van der Waals surface area contributed by atoms with E-state index in [0.717, 1.165) is 17.7 Å². The number of aromatic nitrogens is 2. The Kier molecular flexibility index (Phi) is 8.58. The molecule has 3 atom stereocenters. The molecule has 4 rings (SSSR count). The highest BCUT2D eigenvalue weighted by molar-refractivity contribution is 5.98. The molecule has 1 aromatic carbocycles. The molecular weight excluding hydrogens is 527 g/mol. The molecular formula is C28H30F3N5O4. The number of benzene rings is 1. The van der Waals surface area contributed by atoms with Gasteiger partial charge in [0.15, 0.2) is 0 Å². The molecule has 1 aliphatic rings. The van der Waals surface area contributed by atoms with Gasteiger partial charge in [0, 0.05) is 54.9 Å². The summed E-state index contributed by atoms with van der Waals surface area (Å²) in [5.41, 5.74) is 1.04. The maximum absolute atomic E-state index is 13.6. The number of nitrogens with one attached hydrogen (secondary N) is 1. The SMILES string of the molecule is C[C@@H]1CN([C@@H](C)CO)C(=O)c2cc(-c3cccnc3)cnc2O[C@@H]1CN(C)C(=O)Nc1ccc(C(F)(F)F)cc1. The van der Waals surface area contributed by atoms with Crippen molar-refractivity contribution >= 4 is 17.6 Å². The van der Waals surface area contributed by atoms with E-state index in [1.54, 1.807) is 42.5 Å². The number of aliphatic hydroxyl groups excluding tert-OH is 1. The van der Waals surface area contributed by atoms with Crippen molar-refractivity contribution in [2.75, 3.05) is 32.1 Å². The van der Waals surface area contributed by atoms with E-state index >= 15 is 0 Å². The van der Waals surface area contributed by atoms with E-state index in [4.69, 9.17) is 4.74 Å². The Morgan fingerprint density at radius 2 is 1.95 bits per heavy atom. The van der Waals surface area contributed by atoms with Gasteiger partial charge in [0.25, 0.3) is 5.91 Å². The molecule has 40 heavy (non-hydrogen) atoms. The Hall–Kier alpha value is -4.19. The molecule has 3 aromatic rings. The first-order valence-corrected chi connectivity index (χ1v) is 12.7. The zero-order chi connectivity index (χ0) is 29.0. The average molecular weight is 558 g/mol. The van der Waals surface area contributed by atoms with Gasteiger partial charge in [-0.2, -0.15) is 13.2 Å². The molecule has 0 spiro atoms. The third kappa shape index (κ3) is 6.50. The number of urea groups is 1. The van der Waals surface area contributed by atoms with E-state index in [1.165, 1.54) is 24.1 Å². The zero-order valence-corrected chi connectivity index (χ0v) is 22.2. The van der Waals surface area contributed by atoms with Crippen molar-refractivity contribution in [1.82, 2.24) is 19.8 Å². The number of carbonyl (C=O) groups excluding carboxylic acids is 2. The number of nitrogens with zero attached hydrogens (tertiary/aromatic N) is 4. The van der Waals surface area contributed by atoms with Gasteiger partial charge in [-0.1, -0.05) is 13.0 Å². The lowest BCUT2D eigenvalue weighted by Crippen LogP contribution is -2.50. The van der Waals surface area contributed by atoms with Crippen LogP contribution in [0.3, 0.4) is 0 Å². The second-order valence-electron chi connectivity index (χ2n) is 9.83. The zero-order valence-electron chi connectivity index (χ0n) is 22.2. The van der Waals surface area contributed by atoms with Gasteiger partial charge >= 0.3 is 12.2 Å². The monoisotopic (exact) mass is 557 g/mol. The standard InChI is InChI=1S/C28H30F3N5O4/c1-17-14-36(18(2)16-37)26(38)23-11-20(19-5-4-10-32-12-19)13-33-25(23)40-24(17)15-35(3)27(39)34-22-8-6-21(7-9-22)28(29,30)31/h4-13,17-18,24,37H,14-16H2,1-3H3,(H,34,39)/t17-,18+,24-/m1/s1. The Labute approximate surface area is 229 Å². The fourth-order valence-corrected chi connectivity index (χ4v) is 4.33. The number of rotatable bonds is 6. The van der Waals surface area contributed by atoms with Crippen molar-refractivity contribution in [1.29, 1.82) is 0 Å². The van der Waals surface area contributed by atoms with Gasteiger partial charge in [-0.05, 0) is 43.3 Å². The van der Waals surface area contributed by atoms with Crippen molar-refractivity contribution in [3.8, 4) is 17.0 Å². The van der Waals surface area contributed by atoms with Gasteiger partial charge in [-0.25, -0.2) is 9.78 Å². The first-order chi connectivity index (χ1) is 19.0. The van der Waals surface area contributed by atoms with Gasteiger partial charge in [0.2, 0.25) is 5.88 Å². The van der Waals surface area contributed by atoms with Gasteiger partial charge in [-0.3, -0.25) is 9.78 Å². The highest BCUT2D eigenvalue weighted by Gasteiger charge is 2.35. The van der Waals surface area contributed by atoms with Crippen molar-refractivity contribution in [2.24, 2.45) is 5.92 Å². The quantitative estimate of drug-likeness (QED) is 0.461. The average Bonchev–Trinajstić information content (AvgIpc) is 2.94. The number of likely N-dealkylation sites (N-methyl/N-ethyl adjacent to an activating group) is 1. The molecule has 2 N–H and O–H groups in total. The molecule has 3 amide bonds. The predicted octanol–water partition coefficient (Wildman–Crippen LogP) is 4.55. The van der Waals surface area contributed by atoms with Crippen molar-refractivity contribution in [3.05, 3.63) is 72.2 Å². The lowest BCUT2D eigenvalue weighted by Gasteiger charge is -2.37. The number of halogens is 3. The normalized spacial score (nSPS) is 18.2. The third-order valence-electron chi connectivity index (χ3n) is 6.78. The molecule has 0 aliphatic carbocycles. The van der Waals surface area contributed by atoms with E-state index in [-0.39, 0.29) is 48.7 Å². The van der Waals surface area contributed by atoms with Crippen LogP contribution in [0.25, 0.3) is 11.1 Å². The molecule has 0 saturated heterocycles. The van der Waals surface area contributed by atoms with E-state index in [1.807, 2.05) is 13.0 Å². The van der Waals surface area contributed by atoms with Crippen LogP contribution in [0.1, 0.15) is 29.8 Å². The van der Waals surface area contributed by atoms with Crippen LogP contribution >= 0.6 is 0 Å². The van der Waals surface area contributed by atoms with Crippen LogP contribution in [-0.4, -0.2) is 75.7 Å². The molecule has 2 aromatic heterocycles. The van der Waals surface area contributed by atoms with Crippen LogP contribution in [0.4, 0.5) is 23.7 Å². The largest absolute Gasteiger partial charge is 0.472 e. The Morgan fingerprint density at radius 3 is 2.58 bits per heavy atom. The number of alkyl halides is 3. The molecule has 0 bridgehead atoms. The van der Waals surface area contributed by atoms with Gasteiger partial charge < -0.3 is 25.0 Å². The van der Waals surface area contributed by atoms with Crippen molar-refractivity contribution in [2.45, 2.75) is 32.2 Å². The summed E-state index contributed by atoms with van der Waals surface area (Å²) in [6.45, 7) is 3.70. The number of hydrogen-bond acceptors (Lipinski definition) is 6. The van der Waals surface area contributed by atoms with E-state index in [0.29, 0.717) is 5.56 Å². The molecule has 12 heteroatoms. The van der Waals surface area contributed by atoms with Crippen molar-refractivity contribution < 1.29 is 32.6 Å². The number of fused-ring (bicyclic) bond motifs is 1. The Bertz CT molecular complexity index is 1340.